The second-order valence-corrected chi connectivity index (χ2v) is 15.2. The summed E-state index contributed by atoms with van der Waals surface area (Å²) < 4.78 is 10.2. The number of thiophene rings is 1. The topological polar surface area (TPSA) is 12.2 Å². The van der Waals surface area contributed by atoms with Gasteiger partial charge in [0, 0.05) is 71.5 Å². The lowest BCUT2D eigenvalue weighted by Gasteiger charge is -2.29. The molecule has 5 aromatic carbocycles. The first-order chi connectivity index (χ1) is 24.7. The standard InChI is InChI=1S/C46H31N3S/c1-27-44-31(21-20-28-12-2-3-13-29(28)38-16-8-10-22-47(27)38)33-26-41-35(24-34(33)39-17-9-11-23-48(39)44)36-25-37-30-14-5-7-19-42(30)50-46(37)43-32-15-4-6-18-40(32)49(41)45(36)43/h2-19,22-26,31,44H,1,20-21H2/q+2. The quantitative estimate of drug-likeness (QED) is 0.144. The molecule has 2 aliphatic heterocycles. The molecule has 7 heterocycles. The fourth-order valence-electron chi connectivity index (χ4n) is 9.67. The van der Waals surface area contributed by atoms with Gasteiger partial charge in [-0.05, 0) is 79.1 Å². The minimum Gasteiger partial charge on any atom is -0.308 e. The molecule has 12 rings (SSSR count). The summed E-state index contributed by atoms with van der Waals surface area (Å²) in [6.45, 7) is 4.89. The van der Waals surface area contributed by atoms with Crippen LogP contribution in [0.25, 0.3) is 86.5 Å². The molecule has 3 nitrogen and oxygen atoms in total. The van der Waals surface area contributed by atoms with Gasteiger partial charge in [-0.15, -0.1) is 11.3 Å². The Balaban J connectivity index is 1.21. The van der Waals surface area contributed by atoms with Crippen molar-refractivity contribution >= 4 is 75.3 Å². The largest absolute Gasteiger partial charge is 0.308 e. The average Bonchev–Trinajstić information content (AvgIpc) is 3.83. The third-order valence-corrected chi connectivity index (χ3v) is 13.0. The summed E-state index contributed by atoms with van der Waals surface area (Å²) in [7, 11) is 0. The third-order valence-electron chi connectivity index (χ3n) is 11.8. The summed E-state index contributed by atoms with van der Waals surface area (Å²) in [5.41, 5.74) is 12.9. The maximum absolute atomic E-state index is 4.89. The fourth-order valence-corrected chi connectivity index (χ4v) is 10.9. The van der Waals surface area contributed by atoms with E-state index in [1.807, 2.05) is 11.3 Å². The van der Waals surface area contributed by atoms with Crippen LogP contribution in [0.2, 0.25) is 0 Å². The monoisotopic (exact) mass is 657 g/mol. The van der Waals surface area contributed by atoms with E-state index in [2.05, 4.69) is 153 Å². The molecule has 10 aromatic rings. The minimum absolute atomic E-state index is 0.0686. The minimum atomic E-state index is 0.0686. The predicted octanol–water partition coefficient (Wildman–Crippen LogP) is 10.9. The van der Waals surface area contributed by atoms with Crippen LogP contribution in [0, 0.1) is 0 Å². The van der Waals surface area contributed by atoms with Gasteiger partial charge in [0.15, 0.2) is 12.4 Å². The van der Waals surface area contributed by atoms with Crippen LogP contribution < -0.4 is 9.13 Å². The predicted molar refractivity (Wildman–Crippen MR) is 207 cm³/mol. The summed E-state index contributed by atoms with van der Waals surface area (Å²) >= 11 is 1.93. The molecule has 0 saturated heterocycles. The lowest BCUT2D eigenvalue weighted by molar-refractivity contribution is -0.727. The van der Waals surface area contributed by atoms with Crippen LogP contribution >= 0.6 is 11.3 Å². The SMILES string of the molecule is C=C1C2C(CCc3ccccc3-c3cccc[n+]31)c1cc3c(cc1-c1cccc[n+]12)c1cc2c4ccccc4sc2c2c4ccccc4n3c12. The van der Waals surface area contributed by atoms with E-state index in [1.165, 1.54) is 91.9 Å². The van der Waals surface area contributed by atoms with Gasteiger partial charge in [0.2, 0.25) is 23.1 Å². The van der Waals surface area contributed by atoms with Crippen molar-refractivity contribution < 1.29 is 9.13 Å². The third kappa shape index (κ3) is 3.34. The first kappa shape index (κ1) is 27.0. The van der Waals surface area contributed by atoms with E-state index >= 15 is 0 Å². The molecule has 0 spiro atoms. The Labute approximate surface area is 292 Å². The van der Waals surface area contributed by atoms with E-state index in [1.54, 1.807) is 0 Å². The molecular weight excluding hydrogens is 627 g/mol. The van der Waals surface area contributed by atoms with Crippen LogP contribution in [0.5, 0.6) is 0 Å². The number of hydrogen-bond donors (Lipinski definition) is 0. The Bertz CT molecular complexity index is 3090. The molecule has 0 aliphatic carbocycles. The van der Waals surface area contributed by atoms with E-state index in [9.17, 15) is 0 Å². The van der Waals surface area contributed by atoms with Crippen molar-refractivity contribution in [1.29, 1.82) is 0 Å². The van der Waals surface area contributed by atoms with Crippen molar-refractivity contribution in [3.8, 4) is 22.5 Å². The molecule has 0 fully saturated rings. The number of para-hydroxylation sites is 1. The molecule has 4 heteroatoms. The van der Waals surface area contributed by atoms with Gasteiger partial charge < -0.3 is 4.40 Å². The van der Waals surface area contributed by atoms with Crippen LogP contribution in [-0.2, 0) is 6.42 Å². The van der Waals surface area contributed by atoms with Crippen molar-refractivity contribution in [3.63, 3.8) is 0 Å². The molecule has 0 N–H and O–H groups in total. The van der Waals surface area contributed by atoms with Crippen LogP contribution in [0.3, 0.4) is 0 Å². The molecule has 0 amide bonds. The van der Waals surface area contributed by atoms with E-state index < -0.39 is 0 Å². The number of aryl methyl sites for hydroxylation is 1. The summed E-state index contributed by atoms with van der Waals surface area (Å²) in [6, 6.07) is 47.7. The Kier molecular flexibility index (Phi) is 5.22. The zero-order valence-corrected chi connectivity index (χ0v) is 28.1. The smallest absolute Gasteiger partial charge is 0.249 e. The molecule has 234 valence electrons. The molecule has 2 atom stereocenters. The second kappa shape index (κ2) is 9.65. The first-order valence-corrected chi connectivity index (χ1v) is 18.4. The molecule has 50 heavy (non-hydrogen) atoms. The van der Waals surface area contributed by atoms with Crippen LogP contribution in [0.1, 0.15) is 29.5 Å². The van der Waals surface area contributed by atoms with Gasteiger partial charge in [0.1, 0.15) is 0 Å². The van der Waals surface area contributed by atoms with E-state index in [4.69, 9.17) is 6.58 Å². The first-order valence-electron chi connectivity index (χ1n) is 17.6. The highest BCUT2D eigenvalue weighted by Crippen LogP contribution is 2.51. The van der Waals surface area contributed by atoms with Crippen molar-refractivity contribution in [2.45, 2.75) is 24.8 Å². The van der Waals surface area contributed by atoms with Gasteiger partial charge >= 0.3 is 0 Å². The van der Waals surface area contributed by atoms with Gasteiger partial charge in [0.05, 0.1) is 28.0 Å². The highest BCUT2D eigenvalue weighted by Gasteiger charge is 2.47. The number of pyridine rings is 2. The van der Waals surface area contributed by atoms with Gasteiger partial charge in [-0.25, -0.2) is 0 Å². The summed E-state index contributed by atoms with van der Waals surface area (Å²) in [4.78, 5) is 0. The summed E-state index contributed by atoms with van der Waals surface area (Å²) in [6.07, 6.45) is 6.51. The lowest BCUT2D eigenvalue weighted by atomic mass is 9.78. The van der Waals surface area contributed by atoms with Crippen LogP contribution in [0.4, 0.5) is 0 Å². The number of fused-ring (bicyclic) bond motifs is 19. The van der Waals surface area contributed by atoms with Gasteiger partial charge in [0.25, 0.3) is 0 Å². The molecule has 0 bridgehead atoms. The van der Waals surface area contributed by atoms with E-state index in [-0.39, 0.29) is 12.0 Å². The Morgan fingerprint density at radius 2 is 1.42 bits per heavy atom. The Morgan fingerprint density at radius 3 is 2.36 bits per heavy atom. The Morgan fingerprint density at radius 1 is 0.640 bits per heavy atom. The van der Waals surface area contributed by atoms with Crippen LogP contribution in [-0.4, -0.2) is 4.40 Å². The van der Waals surface area contributed by atoms with E-state index in [0.717, 1.165) is 18.5 Å². The molecule has 2 aliphatic rings. The zero-order chi connectivity index (χ0) is 32.7. The number of aromatic nitrogens is 3. The second-order valence-electron chi connectivity index (χ2n) is 14.1. The maximum atomic E-state index is 4.89. The van der Waals surface area contributed by atoms with Gasteiger partial charge in [-0.1, -0.05) is 54.6 Å². The summed E-state index contributed by atoms with van der Waals surface area (Å²) in [5.74, 6) is 0.239. The number of benzene rings is 5. The number of hydrogen-bond acceptors (Lipinski definition) is 1. The van der Waals surface area contributed by atoms with Crippen LogP contribution in [0.15, 0.2) is 146 Å². The fraction of sp³-hybridized carbons (Fsp3) is 0.0870. The molecular formula is C46H31N3S+2. The maximum Gasteiger partial charge on any atom is 0.249 e. The van der Waals surface area contributed by atoms with Gasteiger partial charge in [-0.2, -0.15) is 9.13 Å². The number of rotatable bonds is 0. The molecule has 5 aromatic heterocycles. The zero-order valence-electron chi connectivity index (χ0n) is 27.3. The van der Waals surface area contributed by atoms with Gasteiger partial charge in [-0.3, -0.25) is 0 Å². The van der Waals surface area contributed by atoms with Crippen molar-refractivity contribution in [1.82, 2.24) is 4.40 Å². The molecule has 0 radical (unpaired) electrons. The Hall–Kier alpha value is -5.84. The van der Waals surface area contributed by atoms with Crippen molar-refractivity contribution in [3.05, 3.63) is 157 Å². The normalized spacial score (nSPS) is 17.1. The van der Waals surface area contributed by atoms with E-state index in [0.29, 0.717) is 0 Å². The summed E-state index contributed by atoms with van der Waals surface area (Å²) in [5, 5.41) is 8.10. The van der Waals surface area contributed by atoms with Crippen molar-refractivity contribution in [2.24, 2.45) is 0 Å². The highest BCUT2D eigenvalue weighted by molar-refractivity contribution is 7.26. The van der Waals surface area contributed by atoms with Crippen molar-refractivity contribution in [2.75, 3.05) is 0 Å². The number of allylic oxidation sites excluding steroid dienone is 1. The highest BCUT2D eigenvalue weighted by atomic mass is 32.1. The number of nitrogens with zero attached hydrogens (tertiary/aromatic N) is 3. The molecule has 2 unspecified atom stereocenters. The molecule has 0 saturated carbocycles. The average molecular weight is 658 g/mol. The lowest BCUT2D eigenvalue weighted by Crippen LogP contribution is -2.53.